The van der Waals surface area contributed by atoms with Crippen LogP contribution in [-0.4, -0.2) is 49.8 Å². The molecular weight excluding hydrogens is 330 g/mol. The summed E-state index contributed by atoms with van der Waals surface area (Å²) in [7, 11) is -2.12. The molecule has 0 saturated heterocycles. The first-order valence-electron chi connectivity index (χ1n) is 7.91. The molecule has 134 valence electrons. The van der Waals surface area contributed by atoms with Crippen molar-refractivity contribution in [2.75, 3.05) is 19.6 Å². The normalized spacial score (nSPS) is 16.6. The van der Waals surface area contributed by atoms with Crippen LogP contribution in [0.3, 0.4) is 0 Å². The first-order chi connectivity index (χ1) is 11.2. The summed E-state index contributed by atoms with van der Waals surface area (Å²) >= 11 is 0. The predicted octanol–water partition coefficient (Wildman–Crippen LogP) is -0.260. The zero-order valence-corrected chi connectivity index (χ0v) is 15.3. The van der Waals surface area contributed by atoms with Gasteiger partial charge in [-0.05, 0) is 33.7 Å². The van der Waals surface area contributed by atoms with Gasteiger partial charge in [-0.25, -0.2) is 8.42 Å². The molecule has 1 amide bonds. The second-order valence-electron chi connectivity index (χ2n) is 6.00. The highest BCUT2D eigenvalue weighted by atomic mass is 32.2. The van der Waals surface area contributed by atoms with Gasteiger partial charge >= 0.3 is 0 Å². The van der Waals surface area contributed by atoms with Gasteiger partial charge in [-0.15, -0.1) is 0 Å². The van der Waals surface area contributed by atoms with E-state index in [0.29, 0.717) is 17.9 Å². The number of nitrogens with zero attached hydrogens (tertiary/aromatic N) is 2. The number of amides is 1. The molecule has 0 fully saturated rings. The lowest BCUT2D eigenvalue weighted by Gasteiger charge is -2.17. The molecule has 24 heavy (non-hydrogen) atoms. The van der Waals surface area contributed by atoms with Crippen molar-refractivity contribution in [1.82, 2.24) is 25.1 Å². The maximum Gasteiger partial charge on any atom is 0.244 e. The van der Waals surface area contributed by atoms with Crippen molar-refractivity contribution in [2.45, 2.75) is 38.1 Å². The van der Waals surface area contributed by atoms with Crippen molar-refractivity contribution < 1.29 is 13.2 Å². The van der Waals surface area contributed by atoms with Crippen LogP contribution in [0.15, 0.2) is 16.5 Å². The zero-order chi connectivity index (χ0) is 17.9. The zero-order valence-electron chi connectivity index (χ0n) is 14.5. The van der Waals surface area contributed by atoms with Crippen LogP contribution in [0.5, 0.6) is 0 Å². The molecule has 0 aromatic carbocycles. The van der Waals surface area contributed by atoms with Crippen LogP contribution in [0.4, 0.5) is 0 Å². The van der Waals surface area contributed by atoms with E-state index in [9.17, 15) is 13.2 Å². The minimum Gasteiger partial charge on any atom is -0.351 e. The van der Waals surface area contributed by atoms with Gasteiger partial charge in [-0.3, -0.25) is 9.48 Å². The number of aromatic nitrogens is 2. The van der Waals surface area contributed by atoms with Gasteiger partial charge in [0.2, 0.25) is 15.9 Å². The number of carbonyl (C=O) groups excluding carboxylic acids is 1. The van der Waals surface area contributed by atoms with E-state index in [2.05, 4.69) is 20.5 Å². The highest BCUT2D eigenvalue weighted by Gasteiger charge is 2.27. The standard InChI is InChI=1S/C15H25N5O3S/c1-10-14(12(3)20(4)18-10)24(22,23)19-11(2)15(21)17-9-13-5-7-16-8-6-13/h5,11,16,19H,6-9H2,1-4H3,(H,17,21). The lowest BCUT2D eigenvalue weighted by molar-refractivity contribution is -0.122. The Labute approximate surface area is 142 Å². The maximum absolute atomic E-state index is 12.5. The van der Waals surface area contributed by atoms with Gasteiger partial charge in [0, 0.05) is 20.1 Å². The van der Waals surface area contributed by atoms with Crippen molar-refractivity contribution in [2.24, 2.45) is 7.05 Å². The molecule has 2 heterocycles. The fraction of sp³-hybridized carbons (Fsp3) is 0.600. The van der Waals surface area contributed by atoms with Crippen molar-refractivity contribution in [1.29, 1.82) is 0 Å². The second-order valence-corrected chi connectivity index (χ2v) is 7.65. The van der Waals surface area contributed by atoms with E-state index in [4.69, 9.17) is 0 Å². The van der Waals surface area contributed by atoms with Crippen LogP contribution < -0.4 is 15.4 Å². The first kappa shape index (κ1) is 18.6. The molecule has 1 aromatic heterocycles. The van der Waals surface area contributed by atoms with Gasteiger partial charge < -0.3 is 10.6 Å². The third kappa shape index (κ3) is 4.22. The number of rotatable bonds is 6. The van der Waals surface area contributed by atoms with Crippen molar-refractivity contribution in [3.63, 3.8) is 0 Å². The monoisotopic (exact) mass is 355 g/mol. The van der Waals surface area contributed by atoms with Crippen LogP contribution in [0.1, 0.15) is 24.7 Å². The molecule has 1 aliphatic rings. The van der Waals surface area contributed by atoms with E-state index in [1.165, 1.54) is 11.6 Å². The number of aryl methyl sites for hydroxylation is 2. The summed E-state index contributed by atoms with van der Waals surface area (Å²) in [5.41, 5.74) is 2.10. The minimum absolute atomic E-state index is 0.130. The number of sulfonamides is 1. The molecule has 0 radical (unpaired) electrons. The summed E-state index contributed by atoms with van der Waals surface area (Å²) in [6, 6.07) is -0.865. The molecule has 2 rings (SSSR count). The van der Waals surface area contributed by atoms with Crippen LogP contribution in [0, 0.1) is 13.8 Å². The average Bonchev–Trinajstić information content (AvgIpc) is 2.78. The summed E-state index contributed by atoms with van der Waals surface area (Å²) < 4.78 is 29.0. The fourth-order valence-electron chi connectivity index (χ4n) is 2.67. The van der Waals surface area contributed by atoms with E-state index in [0.717, 1.165) is 25.1 Å². The molecule has 1 atom stereocenters. The quantitative estimate of drug-likeness (QED) is 0.610. The molecule has 0 saturated carbocycles. The van der Waals surface area contributed by atoms with Gasteiger partial charge in [0.1, 0.15) is 4.90 Å². The van der Waals surface area contributed by atoms with E-state index in [-0.39, 0.29) is 10.8 Å². The smallest absolute Gasteiger partial charge is 0.244 e. The van der Waals surface area contributed by atoms with Gasteiger partial charge in [0.05, 0.1) is 17.4 Å². The minimum atomic E-state index is -3.81. The Morgan fingerprint density at radius 1 is 1.46 bits per heavy atom. The molecule has 1 unspecified atom stereocenters. The Balaban J connectivity index is 2.00. The lowest BCUT2D eigenvalue weighted by Crippen LogP contribution is -2.45. The summed E-state index contributed by atoms with van der Waals surface area (Å²) in [5, 5.41) is 10.1. The summed E-state index contributed by atoms with van der Waals surface area (Å²) in [4.78, 5) is 12.3. The summed E-state index contributed by atoms with van der Waals surface area (Å²) in [6.07, 6.45) is 2.93. The van der Waals surface area contributed by atoms with Crippen LogP contribution >= 0.6 is 0 Å². The van der Waals surface area contributed by atoms with Crippen molar-refractivity contribution in [3.8, 4) is 0 Å². The molecule has 0 bridgehead atoms. The molecule has 0 spiro atoms. The van der Waals surface area contributed by atoms with Crippen LogP contribution in [0.2, 0.25) is 0 Å². The molecule has 1 aromatic rings. The third-order valence-electron chi connectivity index (χ3n) is 4.08. The van der Waals surface area contributed by atoms with Gasteiger partial charge in [-0.2, -0.15) is 9.82 Å². The molecule has 8 nitrogen and oxygen atoms in total. The summed E-state index contributed by atoms with van der Waals surface area (Å²) in [6.45, 7) is 6.98. The Kier molecular flexibility index (Phi) is 5.79. The number of nitrogens with one attached hydrogen (secondary N) is 3. The predicted molar refractivity (Wildman–Crippen MR) is 91.0 cm³/mol. The lowest BCUT2D eigenvalue weighted by atomic mass is 10.1. The molecule has 3 N–H and O–H groups in total. The van der Waals surface area contributed by atoms with Crippen LogP contribution in [0.25, 0.3) is 0 Å². The molecule has 0 aliphatic carbocycles. The summed E-state index contributed by atoms with van der Waals surface area (Å²) in [5.74, 6) is -0.350. The van der Waals surface area contributed by atoms with Crippen LogP contribution in [-0.2, 0) is 21.9 Å². The Morgan fingerprint density at radius 3 is 2.71 bits per heavy atom. The average molecular weight is 355 g/mol. The number of carbonyl (C=O) groups is 1. The maximum atomic E-state index is 12.5. The molecular formula is C15H25N5O3S. The largest absolute Gasteiger partial charge is 0.351 e. The SMILES string of the molecule is Cc1nn(C)c(C)c1S(=O)(=O)NC(C)C(=O)NCC1=CCNCC1. The van der Waals surface area contributed by atoms with Crippen molar-refractivity contribution in [3.05, 3.63) is 23.0 Å². The van der Waals surface area contributed by atoms with Gasteiger partial charge in [0.15, 0.2) is 0 Å². The topological polar surface area (TPSA) is 105 Å². The Hall–Kier alpha value is -1.71. The third-order valence-corrected chi connectivity index (χ3v) is 5.88. The van der Waals surface area contributed by atoms with Gasteiger partial charge in [0.25, 0.3) is 0 Å². The van der Waals surface area contributed by atoms with E-state index >= 15 is 0 Å². The fourth-order valence-corrected chi connectivity index (χ4v) is 4.31. The Bertz CT molecular complexity index is 751. The van der Waals surface area contributed by atoms with Gasteiger partial charge in [-0.1, -0.05) is 11.6 Å². The Morgan fingerprint density at radius 2 is 2.17 bits per heavy atom. The molecule has 9 heteroatoms. The van der Waals surface area contributed by atoms with E-state index in [1.54, 1.807) is 20.9 Å². The highest BCUT2D eigenvalue weighted by Crippen LogP contribution is 2.18. The van der Waals surface area contributed by atoms with E-state index in [1.807, 2.05) is 6.08 Å². The van der Waals surface area contributed by atoms with E-state index < -0.39 is 16.1 Å². The first-order valence-corrected chi connectivity index (χ1v) is 9.39. The van der Waals surface area contributed by atoms with Crippen molar-refractivity contribution >= 4 is 15.9 Å². The molecule has 1 aliphatic heterocycles. The second kappa shape index (κ2) is 7.45. The highest BCUT2D eigenvalue weighted by molar-refractivity contribution is 7.89. The number of hydrogen-bond donors (Lipinski definition) is 3. The number of hydrogen-bond acceptors (Lipinski definition) is 5.